The Bertz CT molecular complexity index is 1130. The van der Waals surface area contributed by atoms with Crippen LogP contribution in [-0.4, -0.2) is 31.8 Å². The first-order valence-electron chi connectivity index (χ1n) is 11.1. The maximum absolute atomic E-state index is 14.6. The molecule has 4 nitrogen and oxygen atoms in total. The highest BCUT2D eigenvalue weighted by molar-refractivity contribution is 7.86. The molecule has 1 heterocycles. The van der Waals surface area contributed by atoms with E-state index in [2.05, 4.69) is 4.90 Å². The molecule has 4 rings (SSSR count). The standard InChI is InChI=1S/C27H30NO3P/c1-20-17-21(2)26(22(3)18-20)27(29)32(30,19-23-7-5-4-6-8-23)25-11-9-24(10-12-25)28-13-15-31-16-14-28/h4-12,17-18H,13-16,19H2,1-3H3. The number of aryl methyl sites for hydroxylation is 3. The van der Waals surface area contributed by atoms with E-state index < -0.39 is 7.14 Å². The molecular weight excluding hydrogens is 417 g/mol. The lowest BCUT2D eigenvalue weighted by Gasteiger charge is -2.29. The van der Waals surface area contributed by atoms with Crippen LogP contribution < -0.4 is 10.2 Å². The Morgan fingerprint density at radius 1 is 0.906 bits per heavy atom. The van der Waals surface area contributed by atoms with E-state index >= 15 is 0 Å². The summed E-state index contributed by atoms with van der Waals surface area (Å²) in [5.41, 5.74) is 5.17. The average molecular weight is 448 g/mol. The molecule has 0 bridgehead atoms. The molecule has 1 atom stereocenters. The molecule has 3 aromatic carbocycles. The molecule has 1 unspecified atom stereocenters. The van der Waals surface area contributed by atoms with Crippen LogP contribution in [0.25, 0.3) is 0 Å². The van der Waals surface area contributed by atoms with Crippen LogP contribution in [0.4, 0.5) is 5.69 Å². The highest BCUT2D eigenvalue weighted by atomic mass is 31.2. The number of hydrogen-bond acceptors (Lipinski definition) is 4. The number of carbonyl (C=O) groups is 1. The lowest BCUT2D eigenvalue weighted by Crippen LogP contribution is -2.36. The van der Waals surface area contributed by atoms with E-state index in [0.29, 0.717) is 24.1 Å². The first kappa shape index (κ1) is 22.5. The van der Waals surface area contributed by atoms with Crippen molar-refractivity contribution < 1.29 is 14.1 Å². The maximum Gasteiger partial charge on any atom is 0.226 e. The van der Waals surface area contributed by atoms with Crippen molar-refractivity contribution in [2.45, 2.75) is 26.9 Å². The van der Waals surface area contributed by atoms with Gasteiger partial charge in [0.15, 0.2) is 7.14 Å². The van der Waals surface area contributed by atoms with Crippen LogP contribution in [0.1, 0.15) is 32.6 Å². The summed E-state index contributed by atoms with van der Waals surface area (Å²) in [5.74, 6) is 0. The fourth-order valence-corrected chi connectivity index (χ4v) is 7.17. The van der Waals surface area contributed by atoms with Gasteiger partial charge >= 0.3 is 0 Å². The van der Waals surface area contributed by atoms with Crippen molar-refractivity contribution in [3.8, 4) is 0 Å². The summed E-state index contributed by atoms with van der Waals surface area (Å²) >= 11 is 0. The summed E-state index contributed by atoms with van der Waals surface area (Å²) in [7, 11) is -3.42. The number of carbonyl (C=O) groups excluding carboxylic acids is 1. The van der Waals surface area contributed by atoms with Gasteiger partial charge in [-0.2, -0.15) is 0 Å². The summed E-state index contributed by atoms with van der Waals surface area (Å²) in [4.78, 5) is 16.2. The van der Waals surface area contributed by atoms with Crippen LogP contribution in [0.2, 0.25) is 0 Å². The van der Waals surface area contributed by atoms with Gasteiger partial charge < -0.3 is 14.2 Å². The predicted octanol–water partition coefficient (Wildman–Crippen LogP) is 5.48. The molecule has 0 spiro atoms. The van der Waals surface area contributed by atoms with Crippen LogP contribution in [0, 0.1) is 20.8 Å². The molecule has 1 aliphatic heterocycles. The third-order valence-electron chi connectivity index (χ3n) is 6.11. The van der Waals surface area contributed by atoms with Crippen LogP contribution in [0.5, 0.6) is 0 Å². The Hall–Kier alpha value is -2.68. The molecule has 1 fully saturated rings. The fourth-order valence-electron chi connectivity index (χ4n) is 4.54. The third-order valence-corrected chi connectivity index (χ3v) is 8.93. The zero-order chi connectivity index (χ0) is 22.7. The van der Waals surface area contributed by atoms with E-state index in [9.17, 15) is 9.36 Å². The van der Waals surface area contributed by atoms with Crippen molar-refractivity contribution in [1.29, 1.82) is 0 Å². The Morgan fingerprint density at radius 3 is 2.09 bits per heavy atom. The fraction of sp³-hybridized carbons (Fsp3) is 0.296. The second kappa shape index (κ2) is 9.44. The van der Waals surface area contributed by atoms with Crippen molar-refractivity contribution >= 4 is 23.7 Å². The monoisotopic (exact) mass is 447 g/mol. The van der Waals surface area contributed by atoms with Gasteiger partial charge in [-0.1, -0.05) is 48.0 Å². The largest absolute Gasteiger partial charge is 0.378 e. The van der Waals surface area contributed by atoms with Crippen molar-refractivity contribution in [1.82, 2.24) is 0 Å². The Morgan fingerprint density at radius 2 is 1.50 bits per heavy atom. The van der Waals surface area contributed by atoms with Gasteiger partial charge in [0.25, 0.3) is 0 Å². The molecule has 1 saturated heterocycles. The van der Waals surface area contributed by atoms with Gasteiger partial charge in [0.2, 0.25) is 5.52 Å². The van der Waals surface area contributed by atoms with Gasteiger partial charge in [-0.25, -0.2) is 0 Å². The van der Waals surface area contributed by atoms with Gasteiger partial charge in [-0.15, -0.1) is 0 Å². The number of benzene rings is 3. The van der Waals surface area contributed by atoms with E-state index in [1.165, 1.54) is 0 Å². The molecular formula is C27H30NO3P. The minimum atomic E-state index is -3.42. The van der Waals surface area contributed by atoms with E-state index in [1.807, 2.05) is 87.5 Å². The molecule has 0 N–H and O–H groups in total. The minimum Gasteiger partial charge on any atom is -0.378 e. The zero-order valence-corrected chi connectivity index (χ0v) is 19.9. The van der Waals surface area contributed by atoms with Crippen molar-refractivity contribution in [3.05, 3.63) is 94.5 Å². The van der Waals surface area contributed by atoms with Gasteiger partial charge in [-0.05, 0) is 61.7 Å². The van der Waals surface area contributed by atoms with Crippen LogP contribution in [0.3, 0.4) is 0 Å². The number of morpholine rings is 1. The summed E-state index contributed by atoms with van der Waals surface area (Å²) in [6.07, 6.45) is 0.219. The number of hydrogen-bond donors (Lipinski definition) is 0. The summed E-state index contributed by atoms with van der Waals surface area (Å²) < 4.78 is 20.0. The van der Waals surface area contributed by atoms with Gasteiger partial charge in [0, 0.05) is 35.8 Å². The van der Waals surface area contributed by atoms with Crippen molar-refractivity contribution in [2.24, 2.45) is 0 Å². The van der Waals surface area contributed by atoms with E-state index in [-0.39, 0.29) is 11.7 Å². The van der Waals surface area contributed by atoms with Crippen molar-refractivity contribution in [2.75, 3.05) is 31.2 Å². The first-order valence-corrected chi connectivity index (χ1v) is 13.0. The van der Waals surface area contributed by atoms with Crippen LogP contribution in [-0.2, 0) is 15.5 Å². The second-order valence-electron chi connectivity index (χ2n) is 8.58. The Kier molecular flexibility index (Phi) is 6.64. The molecule has 166 valence electrons. The highest BCUT2D eigenvalue weighted by Gasteiger charge is 2.36. The lowest BCUT2D eigenvalue weighted by molar-refractivity contribution is 0.107. The summed E-state index contributed by atoms with van der Waals surface area (Å²) in [6, 6.07) is 21.4. The van der Waals surface area contributed by atoms with Crippen LogP contribution >= 0.6 is 7.14 Å². The predicted molar refractivity (Wildman–Crippen MR) is 132 cm³/mol. The number of rotatable bonds is 6. The average Bonchev–Trinajstić information content (AvgIpc) is 2.79. The summed E-state index contributed by atoms with van der Waals surface area (Å²) in [5, 5.41) is 0.614. The number of nitrogens with zero attached hydrogens (tertiary/aromatic N) is 1. The van der Waals surface area contributed by atoms with Gasteiger partial charge in [-0.3, -0.25) is 4.79 Å². The quantitative estimate of drug-likeness (QED) is 0.470. The molecule has 3 aromatic rings. The molecule has 0 aromatic heterocycles. The first-order chi connectivity index (χ1) is 15.4. The Balaban J connectivity index is 1.76. The topological polar surface area (TPSA) is 46.6 Å². The maximum atomic E-state index is 14.6. The van der Waals surface area contributed by atoms with Crippen LogP contribution in [0.15, 0.2) is 66.7 Å². The smallest absolute Gasteiger partial charge is 0.226 e. The van der Waals surface area contributed by atoms with Crippen molar-refractivity contribution in [3.63, 3.8) is 0 Å². The molecule has 5 heteroatoms. The molecule has 1 aliphatic rings. The summed E-state index contributed by atoms with van der Waals surface area (Å²) in [6.45, 7) is 8.96. The third kappa shape index (κ3) is 4.57. The van der Waals surface area contributed by atoms with Gasteiger partial charge in [0.05, 0.1) is 13.2 Å². The van der Waals surface area contributed by atoms with E-state index in [1.54, 1.807) is 0 Å². The molecule has 0 aliphatic carbocycles. The van der Waals surface area contributed by atoms with Gasteiger partial charge in [0.1, 0.15) is 0 Å². The second-order valence-corrected chi connectivity index (χ2v) is 11.3. The SMILES string of the molecule is Cc1cc(C)c(C(=O)P(=O)(Cc2ccccc2)c2ccc(N3CCOCC3)cc2)c(C)c1. The number of anilines is 1. The van der Waals surface area contributed by atoms with E-state index in [0.717, 1.165) is 41.0 Å². The molecule has 0 radical (unpaired) electrons. The normalized spacial score (nSPS) is 15.9. The molecule has 0 amide bonds. The Labute approximate surface area is 190 Å². The lowest BCUT2D eigenvalue weighted by atomic mass is 10.0. The minimum absolute atomic E-state index is 0.219. The number of ether oxygens (including phenoxy) is 1. The zero-order valence-electron chi connectivity index (χ0n) is 19.0. The molecule has 32 heavy (non-hydrogen) atoms. The molecule has 0 saturated carbocycles. The van der Waals surface area contributed by atoms with E-state index in [4.69, 9.17) is 4.74 Å². The highest BCUT2D eigenvalue weighted by Crippen LogP contribution is 2.52.